The summed E-state index contributed by atoms with van der Waals surface area (Å²) < 4.78 is 0. The zero-order valence-corrected chi connectivity index (χ0v) is 12.6. The Morgan fingerprint density at radius 2 is 1.53 bits per heavy atom. The van der Waals surface area contributed by atoms with E-state index in [4.69, 9.17) is 0 Å². The van der Waals surface area contributed by atoms with Gasteiger partial charge in [0, 0.05) is 18.6 Å². The van der Waals surface area contributed by atoms with Crippen LogP contribution in [0.15, 0.2) is 0 Å². The Kier molecular flexibility index (Phi) is 4.78. The average Bonchev–Trinajstić information content (AvgIpc) is 2.90. The molecule has 3 saturated heterocycles. The quantitative estimate of drug-likeness (QED) is 0.838. The fraction of sp³-hybridized carbons (Fsp3) is 1.00. The fourth-order valence-electron chi connectivity index (χ4n) is 4.48. The zero-order valence-electron chi connectivity index (χ0n) is 12.6. The van der Waals surface area contributed by atoms with E-state index in [0.29, 0.717) is 0 Å². The van der Waals surface area contributed by atoms with Crippen molar-refractivity contribution >= 4 is 0 Å². The predicted molar refractivity (Wildman–Crippen MR) is 80.5 cm³/mol. The second kappa shape index (κ2) is 6.55. The van der Waals surface area contributed by atoms with Gasteiger partial charge < -0.3 is 5.32 Å². The molecule has 0 amide bonds. The van der Waals surface area contributed by atoms with Gasteiger partial charge in [-0.05, 0) is 70.7 Å². The second-order valence-electron chi connectivity index (χ2n) is 6.74. The molecule has 3 heterocycles. The van der Waals surface area contributed by atoms with Crippen LogP contribution in [0, 0.1) is 5.92 Å². The van der Waals surface area contributed by atoms with Crippen LogP contribution >= 0.6 is 0 Å². The number of hydrogen-bond acceptors (Lipinski definition) is 3. The SMILES string of the molecule is CCNCC1CCN(C2CCN3CCCCC23)CC1. The Bertz CT molecular complexity index is 273. The minimum absolute atomic E-state index is 0.889. The van der Waals surface area contributed by atoms with Gasteiger partial charge in [-0.15, -0.1) is 0 Å². The molecule has 1 N–H and O–H groups in total. The molecular weight excluding hydrogens is 234 g/mol. The highest BCUT2D eigenvalue weighted by atomic mass is 15.3. The van der Waals surface area contributed by atoms with E-state index >= 15 is 0 Å². The van der Waals surface area contributed by atoms with Crippen molar-refractivity contribution in [3.8, 4) is 0 Å². The van der Waals surface area contributed by atoms with E-state index in [0.717, 1.165) is 24.5 Å². The molecule has 2 unspecified atom stereocenters. The topological polar surface area (TPSA) is 18.5 Å². The summed E-state index contributed by atoms with van der Waals surface area (Å²) >= 11 is 0. The van der Waals surface area contributed by atoms with Gasteiger partial charge in [0.2, 0.25) is 0 Å². The monoisotopic (exact) mass is 265 g/mol. The Morgan fingerprint density at radius 1 is 0.842 bits per heavy atom. The zero-order chi connectivity index (χ0) is 13.1. The normalized spacial score (nSPS) is 34.6. The molecule has 0 saturated carbocycles. The van der Waals surface area contributed by atoms with Gasteiger partial charge in [-0.3, -0.25) is 9.80 Å². The van der Waals surface area contributed by atoms with Crippen LogP contribution in [0.5, 0.6) is 0 Å². The standard InChI is InChI=1S/C16H31N3/c1-2-17-13-14-6-10-19(11-7-14)16-8-12-18-9-4-3-5-15(16)18/h14-17H,2-13H2,1H3. The van der Waals surface area contributed by atoms with E-state index in [1.165, 1.54) is 71.2 Å². The minimum Gasteiger partial charge on any atom is -0.317 e. The van der Waals surface area contributed by atoms with Crippen molar-refractivity contribution in [3.05, 3.63) is 0 Å². The highest BCUT2D eigenvalue weighted by Gasteiger charge is 2.39. The van der Waals surface area contributed by atoms with E-state index in [2.05, 4.69) is 22.0 Å². The van der Waals surface area contributed by atoms with E-state index in [1.807, 2.05) is 0 Å². The first-order valence-electron chi connectivity index (χ1n) is 8.57. The maximum Gasteiger partial charge on any atom is 0.0263 e. The summed E-state index contributed by atoms with van der Waals surface area (Å²) in [7, 11) is 0. The first kappa shape index (κ1) is 13.8. The molecule has 3 aliphatic heterocycles. The summed E-state index contributed by atoms with van der Waals surface area (Å²) in [4.78, 5) is 5.61. The van der Waals surface area contributed by atoms with E-state index < -0.39 is 0 Å². The van der Waals surface area contributed by atoms with Gasteiger partial charge in [0.05, 0.1) is 0 Å². The molecule has 0 radical (unpaired) electrons. The van der Waals surface area contributed by atoms with Crippen LogP contribution in [0.1, 0.15) is 45.4 Å². The molecule has 0 bridgehead atoms. The van der Waals surface area contributed by atoms with Gasteiger partial charge in [0.1, 0.15) is 0 Å². The average molecular weight is 265 g/mol. The van der Waals surface area contributed by atoms with Gasteiger partial charge in [-0.2, -0.15) is 0 Å². The maximum absolute atomic E-state index is 3.52. The van der Waals surface area contributed by atoms with Crippen molar-refractivity contribution in [2.75, 3.05) is 39.3 Å². The molecule has 0 aromatic carbocycles. The first-order chi connectivity index (χ1) is 9.38. The van der Waals surface area contributed by atoms with Gasteiger partial charge in [-0.1, -0.05) is 13.3 Å². The number of rotatable bonds is 4. The molecule has 2 atom stereocenters. The number of nitrogens with zero attached hydrogens (tertiary/aromatic N) is 2. The third kappa shape index (κ3) is 3.14. The predicted octanol–water partition coefficient (Wildman–Crippen LogP) is 1.93. The number of fused-ring (bicyclic) bond motifs is 1. The van der Waals surface area contributed by atoms with Crippen LogP contribution in [0.3, 0.4) is 0 Å². The lowest BCUT2D eigenvalue weighted by Gasteiger charge is -2.41. The molecule has 3 nitrogen and oxygen atoms in total. The molecule has 3 aliphatic rings. The first-order valence-corrected chi connectivity index (χ1v) is 8.57. The molecule has 3 fully saturated rings. The van der Waals surface area contributed by atoms with E-state index in [-0.39, 0.29) is 0 Å². The molecule has 19 heavy (non-hydrogen) atoms. The van der Waals surface area contributed by atoms with Crippen molar-refractivity contribution in [1.82, 2.24) is 15.1 Å². The lowest BCUT2D eigenvalue weighted by molar-refractivity contribution is 0.0844. The van der Waals surface area contributed by atoms with Gasteiger partial charge in [0.15, 0.2) is 0 Å². The molecule has 0 aromatic heterocycles. The second-order valence-corrected chi connectivity index (χ2v) is 6.74. The van der Waals surface area contributed by atoms with Crippen LogP contribution in [-0.2, 0) is 0 Å². The number of piperidine rings is 2. The molecule has 110 valence electrons. The summed E-state index contributed by atoms with van der Waals surface area (Å²) in [5.74, 6) is 0.931. The summed E-state index contributed by atoms with van der Waals surface area (Å²) in [6.07, 6.45) is 8.62. The van der Waals surface area contributed by atoms with Crippen LogP contribution in [0.2, 0.25) is 0 Å². The molecule has 0 aromatic rings. The lowest BCUT2D eigenvalue weighted by Crippen LogP contribution is -2.50. The van der Waals surface area contributed by atoms with Crippen molar-refractivity contribution in [3.63, 3.8) is 0 Å². The van der Waals surface area contributed by atoms with Crippen LogP contribution in [0.4, 0.5) is 0 Å². The van der Waals surface area contributed by atoms with Crippen LogP contribution in [-0.4, -0.2) is 61.2 Å². The molecule has 0 aliphatic carbocycles. The minimum atomic E-state index is 0.889. The van der Waals surface area contributed by atoms with Gasteiger partial charge >= 0.3 is 0 Å². The van der Waals surface area contributed by atoms with E-state index in [1.54, 1.807) is 0 Å². The summed E-state index contributed by atoms with van der Waals surface area (Å²) in [5.41, 5.74) is 0. The van der Waals surface area contributed by atoms with E-state index in [9.17, 15) is 0 Å². The fourth-order valence-corrected chi connectivity index (χ4v) is 4.48. The smallest absolute Gasteiger partial charge is 0.0263 e. The third-order valence-corrected chi connectivity index (χ3v) is 5.62. The third-order valence-electron chi connectivity index (χ3n) is 5.62. The highest BCUT2D eigenvalue weighted by Crippen LogP contribution is 2.32. The summed E-state index contributed by atoms with van der Waals surface area (Å²) in [5, 5.41) is 3.52. The Labute approximate surface area is 118 Å². The Morgan fingerprint density at radius 3 is 2.32 bits per heavy atom. The number of hydrogen-bond donors (Lipinski definition) is 1. The van der Waals surface area contributed by atoms with Gasteiger partial charge in [0.25, 0.3) is 0 Å². The Balaban J connectivity index is 1.48. The van der Waals surface area contributed by atoms with Crippen molar-refractivity contribution in [2.45, 2.75) is 57.5 Å². The van der Waals surface area contributed by atoms with Crippen molar-refractivity contribution in [2.24, 2.45) is 5.92 Å². The van der Waals surface area contributed by atoms with Crippen LogP contribution < -0.4 is 5.32 Å². The summed E-state index contributed by atoms with van der Waals surface area (Å²) in [6, 6.07) is 1.79. The number of likely N-dealkylation sites (tertiary alicyclic amines) is 1. The summed E-state index contributed by atoms with van der Waals surface area (Å²) in [6.45, 7) is 10.0. The maximum atomic E-state index is 3.52. The Hall–Kier alpha value is -0.120. The van der Waals surface area contributed by atoms with Crippen molar-refractivity contribution in [1.29, 1.82) is 0 Å². The lowest BCUT2D eigenvalue weighted by atomic mass is 9.92. The largest absolute Gasteiger partial charge is 0.317 e. The van der Waals surface area contributed by atoms with Crippen molar-refractivity contribution < 1.29 is 0 Å². The highest BCUT2D eigenvalue weighted by molar-refractivity contribution is 4.96. The van der Waals surface area contributed by atoms with Crippen LogP contribution in [0.25, 0.3) is 0 Å². The number of nitrogens with one attached hydrogen (secondary N) is 1. The molecule has 3 rings (SSSR count). The molecular formula is C16H31N3. The molecule has 0 spiro atoms. The molecule has 3 heteroatoms. The van der Waals surface area contributed by atoms with Gasteiger partial charge in [-0.25, -0.2) is 0 Å².